The van der Waals surface area contributed by atoms with E-state index in [0.29, 0.717) is 29.5 Å². The summed E-state index contributed by atoms with van der Waals surface area (Å²) in [5.74, 6) is 2.07. The molecule has 0 aliphatic heterocycles. The predicted octanol–water partition coefficient (Wildman–Crippen LogP) is 7.30. The van der Waals surface area contributed by atoms with Gasteiger partial charge in [-0.3, -0.25) is 9.59 Å². The number of carboxylic acids is 1. The molecule has 0 unspecified atom stereocenters. The molecule has 0 bridgehead atoms. The summed E-state index contributed by atoms with van der Waals surface area (Å²) in [6, 6.07) is 0. The highest BCUT2D eigenvalue weighted by atomic mass is 16.4. The Morgan fingerprint density at radius 1 is 0.879 bits per heavy atom. The van der Waals surface area contributed by atoms with Crippen molar-refractivity contribution >= 4 is 11.8 Å². The topological polar surface area (TPSA) is 54.4 Å². The van der Waals surface area contributed by atoms with Gasteiger partial charge in [0.15, 0.2) is 0 Å². The Bertz CT molecular complexity index is 902. The summed E-state index contributed by atoms with van der Waals surface area (Å²) in [7, 11) is 0. The van der Waals surface area contributed by atoms with E-state index in [9.17, 15) is 14.7 Å². The average molecular weight is 455 g/mol. The number of carbonyl (C=O) groups is 2. The number of hydrogen-bond acceptors (Lipinski definition) is 2. The molecular weight excluding hydrogens is 408 g/mol. The van der Waals surface area contributed by atoms with Crippen LogP contribution in [0, 0.1) is 56.7 Å². The molecule has 0 amide bonds. The summed E-state index contributed by atoms with van der Waals surface area (Å²) in [5.41, 5.74) is 1.03. The third kappa shape index (κ3) is 2.69. The number of hydrogen-bond donors (Lipinski definition) is 1. The van der Waals surface area contributed by atoms with Gasteiger partial charge in [-0.05, 0) is 111 Å². The summed E-state index contributed by atoms with van der Waals surface area (Å²) in [6.45, 7) is 18.5. The van der Waals surface area contributed by atoms with Crippen LogP contribution in [0.4, 0.5) is 0 Å². The Morgan fingerprint density at radius 3 is 2.21 bits per heavy atom. The van der Waals surface area contributed by atoms with Crippen molar-refractivity contribution < 1.29 is 14.7 Å². The van der Waals surface area contributed by atoms with Crippen LogP contribution in [0.2, 0.25) is 0 Å². The first-order valence-corrected chi connectivity index (χ1v) is 13.7. The van der Waals surface area contributed by atoms with E-state index in [1.54, 1.807) is 0 Å². The molecule has 0 heterocycles. The summed E-state index contributed by atoms with van der Waals surface area (Å²) < 4.78 is 0. The Kier molecular flexibility index (Phi) is 4.99. The standard InChI is InChI=1S/C30H46O3/c1-18(2)19-10-15-30(25(32)33)17-16-28(6)20(24(19)30)8-9-22-27(5)13-12-23(31)26(3,4)21(27)11-14-29(22,28)7/h19-22,24H,1,8-17H2,2-7H3,(H,32,33)/t19-,20+,21-,22+,24-,27+,28+,29-,30-/m0/s1. The molecule has 3 nitrogen and oxygen atoms in total. The molecule has 0 radical (unpaired) electrons. The highest BCUT2D eigenvalue weighted by molar-refractivity contribution is 5.85. The summed E-state index contributed by atoms with van der Waals surface area (Å²) in [6.07, 6.45) is 10.1. The second kappa shape index (κ2) is 6.97. The molecule has 0 saturated heterocycles. The molecule has 5 fully saturated rings. The summed E-state index contributed by atoms with van der Waals surface area (Å²) >= 11 is 0. The van der Waals surface area contributed by atoms with Gasteiger partial charge in [0.25, 0.3) is 0 Å². The van der Waals surface area contributed by atoms with Gasteiger partial charge in [0.2, 0.25) is 0 Å². The van der Waals surface area contributed by atoms with Crippen LogP contribution in [-0.2, 0) is 9.59 Å². The van der Waals surface area contributed by atoms with Crippen LogP contribution in [0.25, 0.3) is 0 Å². The second-order valence-corrected chi connectivity index (χ2v) is 14.3. The van der Waals surface area contributed by atoms with Crippen molar-refractivity contribution in [1.82, 2.24) is 0 Å². The van der Waals surface area contributed by atoms with Crippen LogP contribution in [-0.4, -0.2) is 16.9 Å². The maximum absolute atomic E-state index is 12.9. The molecule has 5 aliphatic carbocycles. The van der Waals surface area contributed by atoms with Gasteiger partial charge in [0, 0.05) is 11.8 Å². The Balaban J connectivity index is 1.57. The molecule has 5 aliphatic rings. The molecule has 9 atom stereocenters. The van der Waals surface area contributed by atoms with Crippen molar-refractivity contribution in [1.29, 1.82) is 0 Å². The highest BCUT2D eigenvalue weighted by Crippen LogP contribution is 2.77. The van der Waals surface area contributed by atoms with Crippen LogP contribution in [0.3, 0.4) is 0 Å². The lowest BCUT2D eigenvalue weighted by Crippen LogP contribution is -2.66. The lowest BCUT2D eigenvalue weighted by Gasteiger charge is -2.72. The molecule has 0 aromatic heterocycles. The zero-order valence-electron chi connectivity index (χ0n) is 21.9. The Labute approximate surface area is 201 Å². The van der Waals surface area contributed by atoms with Gasteiger partial charge in [-0.15, -0.1) is 0 Å². The third-order valence-electron chi connectivity index (χ3n) is 13.2. The summed E-state index contributed by atoms with van der Waals surface area (Å²) in [5, 5.41) is 10.5. The van der Waals surface area contributed by atoms with Gasteiger partial charge in [-0.2, -0.15) is 0 Å². The fraction of sp³-hybridized carbons (Fsp3) is 0.867. The van der Waals surface area contributed by atoms with E-state index < -0.39 is 11.4 Å². The number of rotatable bonds is 2. The lowest BCUT2D eigenvalue weighted by molar-refractivity contribution is -0.235. The monoisotopic (exact) mass is 454 g/mol. The van der Waals surface area contributed by atoms with E-state index in [0.717, 1.165) is 51.4 Å². The molecule has 184 valence electrons. The first kappa shape index (κ1) is 23.6. The highest BCUT2D eigenvalue weighted by Gasteiger charge is 2.72. The SMILES string of the molecule is C=C(C)[C@@H]1CC[C@]2(C(=O)O)CC[C@]3(C)[C@H](CC[C@@H]4[C@]5(C)CCC(=O)C(C)(C)[C@@H]5CC[C@@]43C)[C@H]12. The largest absolute Gasteiger partial charge is 0.481 e. The molecule has 5 rings (SSSR count). The lowest BCUT2D eigenvalue weighted by atomic mass is 9.32. The first-order valence-electron chi connectivity index (χ1n) is 13.7. The van der Waals surface area contributed by atoms with E-state index >= 15 is 0 Å². The normalized spacial score (nSPS) is 52.8. The van der Waals surface area contributed by atoms with Crippen LogP contribution in [0.15, 0.2) is 12.2 Å². The number of fused-ring (bicyclic) bond motifs is 7. The van der Waals surface area contributed by atoms with Crippen molar-refractivity contribution in [2.24, 2.45) is 56.7 Å². The molecule has 5 saturated carbocycles. The van der Waals surface area contributed by atoms with Gasteiger partial charge in [0.05, 0.1) is 5.41 Å². The summed E-state index contributed by atoms with van der Waals surface area (Å²) in [4.78, 5) is 25.7. The van der Waals surface area contributed by atoms with Gasteiger partial charge >= 0.3 is 5.97 Å². The minimum atomic E-state index is -0.547. The first-order chi connectivity index (χ1) is 15.3. The van der Waals surface area contributed by atoms with E-state index in [1.165, 1.54) is 18.4 Å². The molecule has 3 heteroatoms. The minimum absolute atomic E-state index is 0.164. The Morgan fingerprint density at radius 2 is 1.58 bits per heavy atom. The molecular formula is C30H46O3. The fourth-order valence-corrected chi connectivity index (χ4v) is 11.3. The van der Waals surface area contributed by atoms with Crippen molar-refractivity contribution in [3.8, 4) is 0 Å². The van der Waals surface area contributed by atoms with Crippen molar-refractivity contribution in [3.63, 3.8) is 0 Å². The van der Waals surface area contributed by atoms with Crippen LogP contribution < -0.4 is 0 Å². The van der Waals surface area contributed by atoms with E-state index in [4.69, 9.17) is 0 Å². The van der Waals surface area contributed by atoms with E-state index in [2.05, 4.69) is 48.1 Å². The minimum Gasteiger partial charge on any atom is -0.481 e. The number of carboxylic acid groups (broad SMARTS) is 1. The molecule has 0 spiro atoms. The number of allylic oxidation sites excluding steroid dienone is 1. The van der Waals surface area contributed by atoms with Gasteiger partial charge < -0.3 is 5.11 Å². The van der Waals surface area contributed by atoms with Crippen LogP contribution in [0.1, 0.15) is 106 Å². The smallest absolute Gasteiger partial charge is 0.309 e. The second-order valence-electron chi connectivity index (χ2n) is 14.3. The van der Waals surface area contributed by atoms with Crippen molar-refractivity contribution in [3.05, 3.63) is 12.2 Å². The quantitative estimate of drug-likeness (QED) is 0.445. The van der Waals surface area contributed by atoms with Crippen LogP contribution in [0.5, 0.6) is 0 Å². The van der Waals surface area contributed by atoms with E-state index in [-0.39, 0.29) is 27.6 Å². The number of carbonyl (C=O) groups excluding carboxylic acids is 1. The average Bonchev–Trinajstić information content (AvgIpc) is 3.13. The maximum atomic E-state index is 12.9. The molecule has 1 N–H and O–H groups in total. The van der Waals surface area contributed by atoms with Crippen molar-refractivity contribution in [2.45, 2.75) is 106 Å². The van der Waals surface area contributed by atoms with Gasteiger partial charge in [0.1, 0.15) is 5.78 Å². The Hall–Kier alpha value is -1.12. The molecule has 0 aromatic rings. The number of ketones is 1. The third-order valence-corrected chi connectivity index (χ3v) is 13.2. The zero-order chi connectivity index (χ0) is 24.2. The fourth-order valence-electron chi connectivity index (χ4n) is 11.3. The van der Waals surface area contributed by atoms with Crippen molar-refractivity contribution in [2.75, 3.05) is 0 Å². The molecule has 33 heavy (non-hydrogen) atoms. The number of aliphatic carboxylic acids is 1. The predicted molar refractivity (Wildman–Crippen MR) is 132 cm³/mol. The number of Topliss-reactive ketones (excluding diaryl/α,β-unsaturated/α-hetero) is 1. The van der Waals surface area contributed by atoms with Gasteiger partial charge in [-0.1, -0.05) is 46.8 Å². The maximum Gasteiger partial charge on any atom is 0.309 e. The van der Waals surface area contributed by atoms with Crippen LogP contribution >= 0.6 is 0 Å². The van der Waals surface area contributed by atoms with E-state index in [1.807, 2.05) is 0 Å². The molecule has 0 aromatic carbocycles. The zero-order valence-corrected chi connectivity index (χ0v) is 21.9. The van der Waals surface area contributed by atoms with Gasteiger partial charge in [-0.25, -0.2) is 0 Å².